The number of nitrogens with zero attached hydrogens (tertiary/aromatic N) is 1. The number of benzene rings is 1. The fraction of sp³-hybridized carbons (Fsp3) is 0.421. The Kier molecular flexibility index (Phi) is 5.78. The molecule has 0 aliphatic heterocycles. The molecule has 0 radical (unpaired) electrons. The molecular formula is C19H24FNO3. The van der Waals surface area contributed by atoms with Crippen molar-refractivity contribution < 1.29 is 19.0 Å². The predicted molar refractivity (Wildman–Crippen MR) is 91.2 cm³/mol. The molecule has 4 nitrogen and oxygen atoms in total. The molecule has 5 heteroatoms. The van der Waals surface area contributed by atoms with Gasteiger partial charge < -0.3 is 14.6 Å². The van der Waals surface area contributed by atoms with Crippen LogP contribution in [0.2, 0.25) is 0 Å². The van der Waals surface area contributed by atoms with Crippen LogP contribution in [0.25, 0.3) is 0 Å². The van der Waals surface area contributed by atoms with Gasteiger partial charge in [0.1, 0.15) is 5.75 Å². The second-order valence-corrected chi connectivity index (χ2v) is 6.20. The Balaban J connectivity index is 2.37. The van der Waals surface area contributed by atoms with Crippen molar-refractivity contribution >= 4 is 0 Å². The average molecular weight is 333 g/mol. The molecule has 1 heterocycles. The number of pyridine rings is 1. The molecule has 1 aromatic carbocycles. The first-order valence-electron chi connectivity index (χ1n) is 7.94. The highest BCUT2D eigenvalue weighted by Gasteiger charge is 2.16. The lowest BCUT2D eigenvalue weighted by Gasteiger charge is -2.16. The van der Waals surface area contributed by atoms with Crippen LogP contribution in [0, 0.1) is 19.7 Å². The molecule has 0 amide bonds. The summed E-state index contributed by atoms with van der Waals surface area (Å²) in [5, 5.41) is 9.59. The summed E-state index contributed by atoms with van der Waals surface area (Å²) in [6.45, 7) is 7.80. The number of methoxy groups -OCH3 is 1. The second-order valence-electron chi connectivity index (χ2n) is 6.20. The molecule has 2 aromatic rings. The van der Waals surface area contributed by atoms with Gasteiger partial charge in [-0.2, -0.15) is 0 Å². The number of hydrogen-bond acceptors (Lipinski definition) is 4. The molecule has 2 rings (SSSR count). The fourth-order valence-electron chi connectivity index (χ4n) is 2.69. The molecule has 130 valence electrons. The maximum Gasteiger partial charge on any atom is 0.188 e. The van der Waals surface area contributed by atoms with E-state index < -0.39 is 5.82 Å². The summed E-state index contributed by atoms with van der Waals surface area (Å²) in [6.07, 6.45) is 0.499. The highest BCUT2D eigenvalue weighted by molar-refractivity contribution is 5.44. The molecule has 1 aromatic heterocycles. The molecule has 0 atom stereocenters. The van der Waals surface area contributed by atoms with E-state index in [-0.39, 0.29) is 18.5 Å². The third-order valence-corrected chi connectivity index (χ3v) is 4.02. The fourth-order valence-corrected chi connectivity index (χ4v) is 2.69. The van der Waals surface area contributed by atoms with Crippen molar-refractivity contribution in [1.29, 1.82) is 0 Å². The number of halogens is 1. The number of phenols is 1. The summed E-state index contributed by atoms with van der Waals surface area (Å²) in [6, 6.07) is 5.20. The highest BCUT2D eigenvalue weighted by atomic mass is 19.1. The Morgan fingerprint density at radius 1 is 1.25 bits per heavy atom. The molecular weight excluding hydrogens is 309 g/mol. The summed E-state index contributed by atoms with van der Waals surface area (Å²) < 4.78 is 24.5. The van der Waals surface area contributed by atoms with Crippen molar-refractivity contribution in [3.8, 4) is 11.5 Å². The first kappa shape index (κ1) is 18.2. The van der Waals surface area contributed by atoms with Crippen molar-refractivity contribution in [3.05, 3.63) is 52.1 Å². The van der Waals surface area contributed by atoms with E-state index in [4.69, 9.17) is 9.47 Å². The van der Waals surface area contributed by atoms with Gasteiger partial charge in [0.05, 0.1) is 5.69 Å². The number of rotatable bonds is 6. The Labute approximate surface area is 142 Å². The first-order valence-corrected chi connectivity index (χ1v) is 7.94. The number of aryl methyl sites for hydroxylation is 1. The lowest BCUT2D eigenvalue weighted by molar-refractivity contribution is 0.0499. The third-order valence-electron chi connectivity index (χ3n) is 4.02. The van der Waals surface area contributed by atoms with E-state index in [2.05, 4.69) is 4.98 Å². The minimum atomic E-state index is -0.570. The molecule has 0 aliphatic carbocycles. The van der Waals surface area contributed by atoms with Crippen LogP contribution in [0.5, 0.6) is 11.5 Å². The van der Waals surface area contributed by atoms with Crippen molar-refractivity contribution in [2.24, 2.45) is 0 Å². The number of aromatic hydroxyl groups is 1. The van der Waals surface area contributed by atoms with Crippen LogP contribution < -0.4 is 4.74 Å². The molecule has 0 saturated carbocycles. The summed E-state index contributed by atoms with van der Waals surface area (Å²) in [7, 11) is 1.57. The highest BCUT2D eigenvalue weighted by Crippen LogP contribution is 2.29. The summed E-state index contributed by atoms with van der Waals surface area (Å²) in [5.41, 5.74) is 3.83. The first-order chi connectivity index (χ1) is 11.3. The van der Waals surface area contributed by atoms with E-state index in [9.17, 15) is 9.50 Å². The van der Waals surface area contributed by atoms with Gasteiger partial charge in [-0.1, -0.05) is 13.8 Å². The van der Waals surface area contributed by atoms with Crippen molar-refractivity contribution in [2.45, 2.75) is 40.0 Å². The minimum absolute atomic E-state index is 0.169. The SMILES string of the molecule is COCOc1ccc(Cc2c(C)cc(O)c(F)c2C)nc1C(C)C. The average Bonchev–Trinajstić information content (AvgIpc) is 2.55. The van der Waals surface area contributed by atoms with E-state index in [1.165, 1.54) is 6.07 Å². The maximum absolute atomic E-state index is 14.0. The smallest absolute Gasteiger partial charge is 0.188 e. The summed E-state index contributed by atoms with van der Waals surface area (Å²) in [5.74, 6) is 0.00380. The predicted octanol–water partition coefficient (Wildman–Crippen LogP) is 4.24. The number of phenolic OH excluding ortho intramolecular Hbond substituents is 1. The Morgan fingerprint density at radius 3 is 2.58 bits per heavy atom. The standard InChI is InChI=1S/C19H24FNO3/c1-11(2)19-17(24-10-23-5)7-6-14(21-19)9-15-12(3)8-16(22)18(20)13(15)4/h6-8,11,22H,9-10H2,1-5H3. The van der Waals surface area contributed by atoms with E-state index in [0.29, 0.717) is 17.7 Å². The lowest BCUT2D eigenvalue weighted by atomic mass is 9.96. The van der Waals surface area contributed by atoms with Crippen molar-refractivity contribution in [2.75, 3.05) is 13.9 Å². The molecule has 0 saturated heterocycles. The molecule has 0 unspecified atom stereocenters. The van der Waals surface area contributed by atoms with Crippen LogP contribution >= 0.6 is 0 Å². The monoisotopic (exact) mass is 333 g/mol. The molecule has 0 spiro atoms. The minimum Gasteiger partial charge on any atom is -0.505 e. The van der Waals surface area contributed by atoms with E-state index >= 15 is 0 Å². The van der Waals surface area contributed by atoms with Crippen LogP contribution in [-0.2, 0) is 11.2 Å². The largest absolute Gasteiger partial charge is 0.505 e. The van der Waals surface area contributed by atoms with Crippen LogP contribution in [0.3, 0.4) is 0 Å². The molecule has 0 bridgehead atoms. The van der Waals surface area contributed by atoms with Crippen LogP contribution in [0.4, 0.5) is 4.39 Å². The van der Waals surface area contributed by atoms with Crippen LogP contribution in [-0.4, -0.2) is 24.0 Å². The van der Waals surface area contributed by atoms with E-state index in [1.54, 1.807) is 14.0 Å². The van der Waals surface area contributed by atoms with Gasteiger partial charge in [-0.25, -0.2) is 4.39 Å². The zero-order chi connectivity index (χ0) is 17.9. The third kappa shape index (κ3) is 3.85. The zero-order valence-corrected chi connectivity index (χ0v) is 14.8. The Hall–Kier alpha value is -2.14. The topological polar surface area (TPSA) is 51.6 Å². The van der Waals surface area contributed by atoms with Crippen LogP contribution in [0.15, 0.2) is 18.2 Å². The summed E-state index contributed by atoms with van der Waals surface area (Å²) >= 11 is 0. The van der Waals surface area contributed by atoms with Crippen molar-refractivity contribution in [1.82, 2.24) is 4.98 Å². The molecule has 1 N–H and O–H groups in total. The molecule has 0 fully saturated rings. The van der Waals surface area contributed by atoms with Crippen molar-refractivity contribution in [3.63, 3.8) is 0 Å². The quantitative estimate of drug-likeness (QED) is 0.803. The van der Waals surface area contributed by atoms with E-state index in [0.717, 1.165) is 22.5 Å². The Bertz CT molecular complexity index is 729. The van der Waals surface area contributed by atoms with E-state index in [1.807, 2.05) is 32.9 Å². The van der Waals surface area contributed by atoms with Gasteiger partial charge in [0, 0.05) is 19.2 Å². The Morgan fingerprint density at radius 2 is 1.96 bits per heavy atom. The van der Waals surface area contributed by atoms with Gasteiger partial charge in [0.2, 0.25) is 0 Å². The van der Waals surface area contributed by atoms with Gasteiger partial charge in [-0.3, -0.25) is 4.98 Å². The zero-order valence-electron chi connectivity index (χ0n) is 14.8. The van der Waals surface area contributed by atoms with Crippen LogP contribution in [0.1, 0.15) is 47.8 Å². The van der Waals surface area contributed by atoms with Gasteiger partial charge in [-0.05, 0) is 54.7 Å². The van der Waals surface area contributed by atoms with Gasteiger partial charge in [0.25, 0.3) is 0 Å². The molecule has 24 heavy (non-hydrogen) atoms. The lowest BCUT2D eigenvalue weighted by Crippen LogP contribution is -2.07. The normalized spacial score (nSPS) is 11.1. The van der Waals surface area contributed by atoms with Gasteiger partial charge >= 0.3 is 0 Å². The second kappa shape index (κ2) is 7.62. The maximum atomic E-state index is 14.0. The van der Waals surface area contributed by atoms with Gasteiger partial charge in [-0.15, -0.1) is 0 Å². The van der Waals surface area contributed by atoms with Gasteiger partial charge in [0.15, 0.2) is 18.4 Å². The number of aromatic nitrogens is 1. The molecule has 0 aliphatic rings. The number of hydrogen-bond donors (Lipinski definition) is 1. The summed E-state index contributed by atoms with van der Waals surface area (Å²) in [4.78, 5) is 4.69. The number of ether oxygens (including phenoxy) is 2.